The van der Waals surface area contributed by atoms with E-state index in [4.69, 9.17) is 42.4 Å². The number of nitrogens with zero attached hydrogens (tertiary/aromatic N) is 1. The Bertz CT molecular complexity index is 1620. The van der Waals surface area contributed by atoms with Crippen molar-refractivity contribution >= 4 is 51.7 Å². The van der Waals surface area contributed by atoms with Gasteiger partial charge in [-0.2, -0.15) is 0 Å². The molecule has 2 aliphatic rings. The van der Waals surface area contributed by atoms with Gasteiger partial charge >= 0.3 is 11.9 Å². The van der Waals surface area contributed by atoms with Gasteiger partial charge in [0.2, 0.25) is 0 Å². The summed E-state index contributed by atoms with van der Waals surface area (Å²) in [6.45, 7) is 12.7. The van der Waals surface area contributed by atoms with Crippen LogP contribution in [0.25, 0.3) is 10.9 Å². The Hall–Kier alpha value is -3.59. The van der Waals surface area contributed by atoms with Crippen LogP contribution in [0.5, 0.6) is 0 Å². The summed E-state index contributed by atoms with van der Waals surface area (Å²) in [6, 6.07) is 12.9. The van der Waals surface area contributed by atoms with Crippen molar-refractivity contribution in [2.24, 2.45) is 0 Å². The van der Waals surface area contributed by atoms with Crippen molar-refractivity contribution in [1.29, 1.82) is 0 Å². The van der Waals surface area contributed by atoms with Crippen molar-refractivity contribution in [3.63, 3.8) is 0 Å². The summed E-state index contributed by atoms with van der Waals surface area (Å²) in [5, 5.41) is 8.91. The van der Waals surface area contributed by atoms with Gasteiger partial charge in [0, 0.05) is 39.1 Å². The maximum absolute atomic E-state index is 13.4. The second-order valence-corrected chi connectivity index (χ2v) is 11.3. The number of hydrogen-bond acceptors (Lipinski definition) is 8. The Morgan fingerprint density at radius 2 is 1.72 bits per heavy atom. The smallest absolute Gasteiger partial charge is 0.336 e. The summed E-state index contributed by atoms with van der Waals surface area (Å²) in [7, 11) is 1.31. The van der Waals surface area contributed by atoms with E-state index in [-0.39, 0.29) is 18.8 Å². The van der Waals surface area contributed by atoms with E-state index in [0.717, 1.165) is 48.0 Å². The van der Waals surface area contributed by atoms with Gasteiger partial charge in [0.25, 0.3) is 0 Å². The number of rotatable bonds is 10. The van der Waals surface area contributed by atoms with Gasteiger partial charge in [-0.25, -0.2) is 9.59 Å². The highest BCUT2D eigenvalue weighted by molar-refractivity contribution is 6.32. The number of dihydropyridines is 1. The predicted molar refractivity (Wildman–Crippen MR) is 191 cm³/mol. The molecule has 5 rings (SSSR count). The van der Waals surface area contributed by atoms with Crippen molar-refractivity contribution in [2.75, 3.05) is 38.8 Å². The number of pyridine rings is 1. The highest BCUT2D eigenvalue weighted by Crippen LogP contribution is 2.42. The van der Waals surface area contributed by atoms with Crippen molar-refractivity contribution in [3.8, 4) is 0 Å². The fourth-order valence-electron chi connectivity index (χ4n) is 5.88. The molecule has 2 aromatic carbocycles. The number of hydrogen-bond donors (Lipinski definition) is 2. The van der Waals surface area contributed by atoms with Gasteiger partial charge in [-0.05, 0) is 74.9 Å². The summed E-state index contributed by atoms with van der Waals surface area (Å²) < 4.78 is 16.7. The molecule has 2 N–H and O–H groups in total. The van der Waals surface area contributed by atoms with Gasteiger partial charge in [0.1, 0.15) is 0 Å². The minimum absolute atomic E-state index is 0.0907. The lowest BCUT2D eigenvalue weighted by atomic mass is 9.80. The van der Waals surface area contributed by atoms with Crippen LogP contribution in [0.1, 0.15) is 77.1 Å². The summed E-state index contributed by atoms with van der Waals surface area (Å²) in [6.07, 6.45) is 4.18. The van der Waals surface area contributed by atoms with Crippen molar-refractivity contribution in [3.05, 3.63) is 91.9 Å². The molecule has 254 valence electrons. The number of allylic oxidation sites excluding steroid dienone is 1. The number of aryl methyl sites for hydroxylation is 1. The third-order valence-corrected chi connectivity index (χ3v) is 8.36. The maximum Gasteiger partial charge on any atom is 0.336 e. The van der Waals surface area contributed by atoms with Crippen molar-refractivity contribution in [2.45, 2.75) is 73.1 Å². The first-order chi connectivity index (χ1) is 22.8. The second-order valence-electron chi connectivity index (χ2n) is 10.5. The normalized spacial score (nSPS) is 15.4. The van der Waals surface area contributed by atoms with Crippen LogP contribution in [0.2, 0.25) is 10.0 Å². The van der Waals surface area contributed by atoms with Crippen LogP contribution in [0.4, 0.5) is 5.69 Å². The lowest BCUT2D eigenvalue weighted by molar-refractivity contribution is -0.139. The number of aromatic nitrogens is 1. The zero-order valence-electron chi connectivity index (χ0n) is 28.5. The molecule has 0 radical (unpaired) electrons. The van der Waals surface area contributed by atoms with E-state index in [1.54, 1.807) is 32.0 Å². The number of carbonyl (C=O) groups is 2. The molecule has 1 aliphatic heterocycles. The van der Waals surface area contributed by atoms with E-state index < -0.39 is 17.9 Å². The molecule has 3 aromatic rings. The summed E-state index contributed by atoms with van der Waals surface area (Å²) in [5.41, 5.74) is 6.53. The highest BCUT2D eigenvalue weighted by Gasteiger charge is 2.39. The zero-order valence-corrected chi connectivity index (χ0v) is 30.0. The average Bonchev–Trinajstić information content (AvgIpc) is 3.09. The summed E-state index contributed by atoms with van der Waals surface area (Å²) in [4.78, 5) is 31.3. The Balaban J connectivity index is 0.00000144. The number of anilines is 1. The fraction of sp³-hybridized carbons (Fsp3) is 0.432. The van der Waals surface area contributed by atoms with E-state index in [2.05, 4.69) is 10.6 Å². The number of esters is 2. The van der Waals surface area contributed by atoms with Crippen LogP contribution < -0.4 is 10.6 Å². The molecule has 0 bridgehead atoms. The minimum Gasteiger partial charge on any atom is -0.466 e. The van der Waals surface area contributed by atoms with Gasteiger partial charge in [-0.1, -0.05) is 69.1 Å². The molecule has 0 fully saturated rings. The van der Waals surface area contributed by atoms with E-state index >= 15 is 0 Å². The first-order valence-corrected chi connectivity index (χ1v) is 17.2. The third kappa shape index (κ3) is 8.86. The molecule has 1 unspecified atom stereocenters. The monoisotopic (exact) mass is 683 g/mol. The van der Waals surface area contributed by atoms with Crippen LogP contribution in [-0.2, 0) is 36.6 Å². The molecule has 0 amide bonds. The quantitative estimate of drug-likeness (QED) is 0.162. The van der Waals surface area contributed by atoms with Crippen LogP contribution in [-0.4, -0.2) is 50.4 Å². The number of methoxy groups -OCH3 is 1. The van der Waals surface area contributed by atoms with Crippen molar-refractivity contribution < 1.29 is 23.8 Å². The Labute approximate surface area is 288 Å². The highest BCUT2D eigenvalue weighted by atomic mass is 35.5. The SMILES string of the molecule is CC.CC.CCOC(=O)C1=C(COCCNc2c3c(nc4cc(Cl)ccc24)CCCC3)NC(C)=C(C(=O)OC)C1c1ccccc1Cl. The molecule has 0 saturated heterocycles. The van der Waals surface area contributed by atoms with E-state index in [0.29, 0.717) is 45.7 Å². The lowest BCUT2D eigenvalue weighted by Gasteiger charge is -2.31. The summed E-state index contributed by atoms with van der Waals surface area (Å²) in [5.74, 6) is -1.91. The third-order valence-electron chi connectivity index (χ3n) is 7.78. The molecular weight excluding hydrogens is 637 g/mol. The van der Waals surface area contributed by atoms with Crippen LogP contribution >= 0.6 is 23.2 Å². The van der Waals surface area contributed by atoms with E-state index in [1.165, 1.54) is 12.7 Å². The van der Waals surface area contributed by atoms with Crippen LogP contribution in [0.3, 0.4) is 0 Å². The molecule has 1 aromatic heterocycles. The number of fused-ring (bicyclic) bond motifs is 2. The fourth-order valence-corrected chi connectivity index (χ4v) is 6.30. The van der Waals surface area contributed by atoms with Crippen molar-refractivity contribution in [1.82, 2.24) is 10.3 Å². The van der Waals surface area contributed by atoms with E-state index in [9.17, 15) is 9.59 Å². The Morgan fingerprint density at radius 1 is 1.00 bits per heavy atom. The minimum atomic E-state index is -0.792. The van der Waals surface area contributed by atoms with E-state index in [1.807, 2.05) is 52.0 Å². The molecule has 1 aliphatic carbocycles. The average molecular weight is 685 g/mol. The van der Waals surface area contributed by atoms with Crippen LogP contribution in [0, 0.1) is 0 Å². The topological polar surface area (TPSA) is 98.8 Å². The molecule has 10 heteroatoms. The van der Waals surface area contributed by atoms with Gasteiger partial charge in [-0.15, -0.1) is 0 Å². The number of halogens is 2. The van der Waals surface area contributed by atoms with Gasteiger partial charge in [0.05, 0.1) is 55.2 Å². The zero-order chi connectivity index (χ0) is 34.5. The standard InChI is InChI=1S/C33H35Cl2N3O5.2C2H6/c1-4-43-33(40)30-27(37-19(2)28(32(39)41-3)29(30)21-9-5-7-11-24(21)35)18-42-16-15-36-31-22-10-6-8-12-25(22)38-26-17-20(34)13-14-23(26)31;2*1-2/h5,7,9,11,13-14,17,29,37H,4,6,8,10,12,15-16,18H2,1-3H3,(H,36,38);2*1-2H3. The Kier molecular flexibility index (Phi) is 15.0. The molecule has 0 spiro atoms. The maximum atomic E-state index is 13.4. The molecular formula is C37H47Cl2N3O5. The largest absolute Gasteiger partial charge is 0.466 e. The molecule has 47 heavy (non-hydrogen) atoms. The molecule has 8 nitrogen and oxygen atoms in total. The first-order valence-electron chi connectivity index (χ1n) is 16.5. The van der Waals surface area contributed by atoms with Gasteiger partial charge in [-0.3, -0.25) is 4.98 Å². The number of benzene rings is 2. The lowest BCUT2D eigenvalue weighted by Crippen LogP contribution is -2.35. The first kappa shape index (κ1) is 37.9. The van der Waals surface area contributed by atoms with Gasteiger partial charge in [0.15, 0.2) is 0 Å². The Morgan fingerprint density at radius 3 is 2.43 bits per heavy atom. The molecule has 2 heterocycles. The molecule has 0 saturated carbocycles. The van der Waals surface area contributed by atoms with Crippen LogP contribution in [0.15, 0.2) is 65.0 Å². The number of carbonyl (C=O) groups excluding carboxylic acids is 2. The summed E-state index contributed by atoms with van der Waals surface area (Å²) >= 11 is 12.9. The number of nitrogens with one attached hydrogen (secondary N) is 2. The number of ether oxygens (including phenoxy) is 3. The van der Waals surface area contributed by atoms with Gasteiger partial charge < -0.3 is 24.8 Å². The second kappa shape index (κ2) is 18.7. The molecule has 1 atom stereocenters. The predicted octanol–water partition coefficient (Wildman–Crippen LogP) is 8.55.